The van der Waals surface area contributed by atoms with E-state index in [0.717, 1.165) is 0 Å². The first-order chi connectivity index (χ1) is 6.61. The van der Waals surface area contributed by atoms with Crippen molar-refractivity contribution in [3.05, 3.63) is 29.8 Å². The van der Waals surface area contributed by atoms with Crippen LogP contribution in [-0.2, 0) is 5.67 Å². The molecular formula is C11H16FNO. The summed E-state index contributed by atoms with van der Waals surface area (Å²) in [6.45, 7) is 1.85. The second-order valence-corrected chi connectivity index (χ2v) is 3.44. The third-order valence-corrected chi connectivity index (χ3v) is 2.28. The molecule has 78 valence electrons. The van der Waals surface area contributed by atoms with Crippen LogP contribution in [0.15, 0.2) is 24.3 Å². The lowest BCUT2D eigenvalue weighted by atomic mass is 9.93. The highest BCUT2D eigenvalue weighted by Gasteiger charge is 2.27. The van der Waals surface area contributed by atoms with Crippen molar-refractivity contribution in [1.82, 2.24) is 0 Å². The molecule has 2 N–H and O–H groups in total. The standard InChI is InChI=1S/C11H16FNO/c1-11(12,7-8-13)9-5-3-4-6-10(9)14-2/h3-6H,7-8,13H2,1-2H3. The van der Waals surface area contributed by atoms with E-state index < -0.39 is 5.67 Å². The number of hydrogen-bond donors (Lipinski definition) is 1. The number of rotatable bonds is 4. The number of alkyl halides is 1. The highest BCUT2D eigenvalue weighted by atomic mass is 19.1. The van der Waals surface area contributed by atoms with Crippen LogP contribution in [0.25, 0.3) is 0 Å². The van der Waals surface area contributed by atoms with Crippen molar-refractivity contribution in [2.24, 2.45) is 5.73 Å². The van der Waals surface area contributed by atoms with Crippen LogP contribution in [0, 0.1) is 0 Å². The Balaban J connectivity index is 3.04. The van der Waals surface area contributed by atoms with Crippen LogP contribution in [0.2, 0.25) is 0 Å². The molecule has 0 radical (unpaired) electrons. The summed E-state index contributed by atoms with van der Waals surface area (Å²) in [6.07, 6.45) is 0.299. The molecule has 0 bridgehead atoms. The molecule has 1 aromatic carbocycles. The molecule has 0 spiro atoms. The molecule has 0 saturated carbocycles. The lowest BCUT2D eigenvalue weighted by Crippen LogP contribution is -2.20. The van der Waals surface area contributed by atoms with Gasteiger partial charge in [-0.15, -0.1) is 0 Å². The molecule has 0 heterocycles. The first-order valence-electron chi connectivity index (χ1n) is 4.64. The number of ether oxygens (including phenoxy) is 1. The van der Waals surface area contributed by atoms with Crippen molar-refractivity contribution >= 4 is 0 Å². The van der Waals surface area contributed by atoms with Gasteiger partial charge in [0, 0.05) is 5.56 Å². The average molecular weight is 197 g/mol. The van der Waals surface area contributed by atoms with Crippen molar-refractivity contribution in [3.8, 4) is 5.75 Å². The quantitative estimate of drug-likeness (QED) is 0.803. The highest BCUT2D eigenvalue weighted by Crippen LogP contribution is 2.35. The fourth-order valence-electron chi connectivity index (χ4n) is 1.48. The largest absolute Gasteiger partial charge is 0.496 e. The summed E-state index contributed by atoms with van der Waals surface area (Å²) in [4.78, 5) is 0. The molecule has 14 heavy (non-hydrogen) atoms. The Morgan fingerprint density at radius 3 is 2.64 bits per heavy atom. The Morgan fingerprint density at radius 1 is 1.43 bits per heavy atom. The van der Waals surface area contributed by atoms with Gasteiger partial charge in [-0.1, -0.05) is 18.2 Å². The molecule has 2 nitrogen and oxygen atoms in total. The molecule has 0 aliphatic carbocycles. The SMILES string of the molecule is COc1ccccc1C(C)(F)CCN. The van der Waals surface area contributed by atoms with Crippen LogP contribution < -0.4 is 10.5 Å². The van der Waals surface area contributed by atoms with Gasteiger partial charge in [-0.3, -0.25) is 0 Å². The average Bonchev–Trinajstić information content (AvgIpc) is 2.18. The first kappa shape index (κ1) is 11.0. The normalized spacial score (nSPS) is 14.9. The molecule has 1 unspecified atom stereocenters. The van der Waals surface area contributed by atoms with Gasteiger partial charge in [-0.05, 0) is 26.0 Å². The molecule has 0 aromatic heterocycles. The van der Waals surface area contributed by atoms with Gasteiger partial charge in [0.05, 0.1) is 7.11 Å². The third kappa shape index (κ3) is 2.23. The molecule has 0 aliphatic rings. The van der Waals surface area contributed by atoms with Crippen molar-refractivity contribution in [2.45, 2.75) is 19.0 Å². The number of para-hydroxylation sites is 1. The Bertz CT molecular complexity index is 299. The molecule has 0 fully saturated rings. The van der Waals surface area contributed by atoms with E-state index >= 15 is 0 Å². The van der Waals surface area contributed by atoms with E-state index in [1.165, 1.54) is 14.0 Å². The Kier molecular flexibility index (Phi) is 3.47. The van der Waals surface area contributed by atoms with E-state index in [2.05, 4.69) is 0 Å². The number of nitrogens with two attached hydrogens (primary N) is 1. The number of hydrogen-bond acceptors (Lipinski definition) is 2. The summed E-state index contributed by atoms with van der Waals surface area (Å²) < 4.78 is 19.2. The van der Waals surface area contributed by atoms with E-state index in [9.17, 15) is 4.39 Å². The Morgan fingerprint density at radius 2 is 2.07 bits per heavy atom. The van der Waals surface area contributed by atoms with Gasteiger partial charge in [0.15, 0.2) is 0 Å². The van der Waals surface area contributed by atoms with Gasteiger partial charge in [-0.25, -0.2) is 4.39 Å². The smallest absolute Gasteiger partial charge is 0.138 e. The minimum atomic E-state index is -1.42. The van der Waals surface area contributed by atoms with Crippen molar-refractivity contribution in [2.75, 3.05) is 13.7 Å². The number of methoxy groups -OCH3 is 1. The maximum absolute atomic E-state index is 14.1. The minimum Gasteiger partial charge on any atom is -0.496 e. The molecule has 1 atom stereocenters. The van der Waals surface area contributed by atoms with Gasteiger partial charge < -0.3 is 10.5 Å². The van der Waals surface area contributed by atoms with Crippen molar-refractivity contribution in [3.63, 3.8) is 0 Å². The zero-order chi connectivity index (χ0) is 10.6. The van der Waals surface area contributed by atoms with E-state index in [4.69, 9.17) is 10.5 Å². The highest BCUT2D eigenvalue weighted by molar-refractivity contribution is 5.37. The number of benzene rings is 1. The Hall–Kier alpha value is -1.09. The van der Waals surface area contributed by atoms with Crippen LogP contribution in [0.4, 0.5) is 4.39 Å². The molecule has 0 amide bonds. The summed E-state index contributed by atoms with van der Waals surface area (Å²) in [5.41, 5.74) is 4.51. The number of halogens is 1. The van der Waals surface area contributed by atoms with E-state index in [1.54, 1.807) is 18.2 Å². The summed E-state index contributed by atoms with van der Waals surface area (Å²) in [5.74, 6) is 0.575. The predicted octanol–water partition coefficient (Wildman–Crippen LogP) is 2.23. The van der Waals surface area contributed by atoms with Crippen LogP contribution in [-0.4, -0.2) is 13.7 Å². The van der Waals surface area contributed by atoms with Gasteiger partial charge in [0.25, 0.3) is 0 Å². The fourth-order valence-corrected chi connectivity index (χ4v) is 1.48. The lowest BCUT2D eigenvalue weighted by Gasteiger charge is -2.22. The van der Waals surface area contributed by atoms with E-state index in [0.29, 0.717) is 24.3 Å². The molecular weight excluding hydrogens is 181 g/mol. The lowest BCUT2D eigenvalue weighted by molar-refractivity contribution is 0.175. The summed E-state index contributed by atoms with van der Waals surface area (Å²) in [7, 11) is 1.54. The van der Waals surface area contributed by atoms with Crippen LogP contribution in [0.5, 0.6) is 5.75 Å². The molecule has 0 aliphatic heterocycles. The van der Waals surface area contributed by atoms with Crippen LogP contribution in [0.3, 0.4) is 0 Å². The molecule has 1 rings (SSSR count). The summed E-state index contributed by atoms with van der Waals surface area (Å²) >= 11 is 0. The van der Waals surface area contributed by atoms with E-state index in [-0.39, 0.29) is 0 Å². The monoisotopic (exact) mass is 197 g/mol. The van der Waals surface area contributed by atoms with Gasteiger partial charge in [-0.2, -0.15) is 0 Å². The molecule has 3 heteroatoms. The second kappa shape index (κ2) is 4.42. The topological polar surface area (TPSA) is 35.2 Å². The maximum atomic E-state index is 14.1. The zero-order valence-electron chi connectivity index (χ0n) is 8.59. The first-order valence-corrected chi connectivity index (χ1v) is 4.64. The second-order valence-electron chi connectivity index (χ2n) is 3.44. The van der Waals surface area contributed by atoms with Crippen LogP contribution in [0.1, 0.15) is 18.9 Å². The third-order valence-electron chi connectivity index (χ3n) is 2.28. The van der Waals surface area contributed by atoms with Crippen LogP contribution >= 0.6 is 0 Å². The molecule has 1 aromatic rings. The van der Waals surface area contributed by atoms with Gasteiger partial charge in [0.1, 0.15) is 11.4 Å². The van der Waals surface area contributed by atoms with Gasteiger partial charge >= 0.3 is 0 Å². The zero-order valence-corrected chi connectivity index (χ0v) is 8.59. The maximum Gasteiger partial charge on any atom is 0.138 e. The van der Waals surface area contributed by atoms with Crippen molar-refractivity contribution in [1.29, 1.82) is 0 Å². The van der Waals surface area contributed by atoms with E-state index in [1.807, 2.05) is 6.07 Å². The summed E-state index contributed by atoms with van der Waals surface area (Å²) in [5, 5.41) is 0. The predicted molar refractivity (Wildman–Crippen MR) is 55.1 cm³/mol. The molecule has 0 saturated heterocycles. The Labute approximate surface area is 83.9 Å². The minimum absolute atomic E-state index is 0.299. The van der Waals surface area contributed by atoms with Crippen molar-refractivity contribution < 1.29 is 9.13 Å². The fraction of sp³-hybridized carbons (Fsp3) is 0.455. The van der Waals surface area contributed by atoms with Gasteiger partial charge in [0.2, 0.25) is 0 Å². The summed E-state index contributed by atoms with van der Waals surface area (Å²) in [6, 6.07) is 7.10.